The van der Waals surface area contributed by atoms with Crippen LogP contribution in [0.2, 0.25) is 0 Å². The molecular weight excluding hydrogens is 332 g/mol. The van der Waals surface area contributed by atoms with Gasteiger partial charge in [-0.05, 0) is 29.3 Å². The van der Waals surface area contributed by atoms with Crippen LogP contribution in [0.5, 0.6) is 11.5 Å². The molecule has 6 nitrogen and oxygen atoms in total. The normalized spacial score (nSPS) is 14.3. The lowest BCUT2D eigenvalue weighted by atomic mass is 10.0. The number of hydrogen-bond donors (Lipinski definition) is 3. The van der Waals surface area contributed by atoms with Gasteiger partial charge in [0.15, 0.2) is 11.5 Å². The van der Waals surface area contributed by atoms with E-state index in [1.165, 1.54) is 0 Å². The van der Waals surface area contributed by atoms with Crippen LogP contribution >= 0.6 is 0 Å². The fourth-order valence-electron chi connectivity index (χ4n) is 3.21. The average molecular weight is 352 g/mol. The van der Waals surface area contributed by atoms with E-state index in [4.69, 9.17) is 9.47 Å². The number of para-hydroxylation sites is 1. The first kappa shape index (κ1) is 16.5. The molecule has 0 saturated heterocycles. The van der Waals surface area contributed by atoms with Crippen LogP contribution < -0.4 is 14.8 Å². The summed E-state index contributed by atoms with van der Waals surface area (Å²) in [5, 5.41) is 13.8. The van der Waals surface area contributed by atoms with E-state index in [0.717, 1.165) is 27.8 Å². The number of aliphatic carboxylic acids is 1. The molecule has 2 heterocycles. The van der Waals surface area contributed by atoms with Crippen LogP contribution in [0.25, 0.3) is 10.9 Å². The summed E-state index contributed by atoms with van der Waals surface area (Å²) in [6, 6.07) is 12.9. The standard InChI is InChI=1S/C20H20N2O4/c23-20(24)17(10-14-12-22-16-4-2-1-3-15(14)16)21-11-13-5-6-18-19(9-13)26-8-7-25-18/h1-6,9,12,17,21-22H,7-8,10-11H2,(H,23,24). The molecule has 0 spiro atoms. The summed E-state index contributed by atoms with van der Waals surface area (Å²) in [5.41, 5.74) is 2.96. The predicted octanol–water partition coefficient (Wildman–Crippen LogP) is 2.72. The number of nitrogens with one attached hydrogen (secondary N) is 2. The third kappa shape index (κ3) is 3.36. The van der Waals surface area contributed by atoms with E-state index in [2.05, 4.69) is 10.3 Å². The van der Waals surface area contributed by atoms with E-state index in [-0.39, 0.29) is 0 Å². The van der Waals surface area contributed by atoms with Gasteiger partial charge in [-0.3, -0.25) is 4.79 Å². The van der Waals surface area contributed by atoms with Crippen molar-refractivity contribution >= 4 is 16.9 Å². The Labute approximate surface area is 150 Å². The molecule has 1 aliphatic heterocycles. The maximum Gasteiger partial charge on any atom is 0.321 e. The SMILES string of the molecule is O=C(O)C(Cc1c[nH]c2ccccc12)NCc1ccc2c(c1)OCCO2. The monoisotopic (exact) mass is 352 g/mol. The Balaban J connectivity index is 1.46. The molecule has 0 saturated carbocycles. The molecule has 1 aliphatic rings. The Morgan fingerprint density at radius 1 is 1.15 bits per heavy atom. The molecule has 0 radical (unpaired) electrons. The summed E-state index contributed by atoms with van der Waals surface area (Å²) >= 11 is 0. The molecule has 2 aromatic carbocycles. The van der Waals surface area contributed by atoms with Crippen molar-refractivity contribution in [3.05, 3.63) is 59.8 Å². The number of H-pyrrole nitrogens is 1. The molecule has 1 aromatic heterocycles. The minimum absolute atomic E-state index is 0.407. The Morgan fingerprint density at radius 2 is 1.96 bits per heavy atom. The summed E-state index contributed by atoms with van der Waals surface area (Å²) < 4.78 is 11.1. The van der Waals surface area contributed by atoms with Crippen molar-refractivity contribution in [2.75, 3.05) is 13.2 Å². The Morgan fingerprint density at radius 3 is 2.81 bits per heavy atom. The Kier molecular flexibility index (Phi) is 4.50. The molecule has 0 aliphatic carbocycles. The van der Waals surface area contributed by atoms with Crippen LogP contribution in [0, 0.1) is 0 Å². The van der Waals surface area contributed by atoms with E-state index < -0.39 is 12.0 Å². The van der Waals surface area contributed by atoms with Gasteiger partial charge in [-0.2, -0.15) is 0 Å². The van der Waals surface area contributed by atoms with Gasteiger partial charge in [0.1, 0.15) is 19.3 Å². The van der Waals surface area contributed by atoms with Gasteiger partial charge in [-0.15, -0.1) is 0 Å². The van der Waals surface area contributed by atoms with Gasteiger partial charge in [0.25, 0.3) is 0 Å². The topological polar surface area (TPSA) is 83.6 Å². The third-order valence-corrected chi connectivity index (χ3v) is 4.56. The zero-order valence-electron chi connectivity index (χ0n) is 14.2. The van der Waals surface area contributed by atoms with Gasteiger partial charge in [0, 0.05) is 30.1 Å². The molecule has 134 valence electrons. The van der Waals surface area contributed by atoms with Crippen molar-refractivity contribution in [2.45, 2.75) is 19.0 Å². The lowest BCUT2D eigenvalue weighted by Crippen LogP contribution is -2.38. The van der Waals surface area contributed by atoms with Gasteiger partial charge in [-0.1, -0.05) is 24.3 Å². The van der Waals surface area contributed by atoms with Crippen LogP contribution in [0.1, 0.15) is 11.1 Å². The van der Waals surface area contributed by atoms with E-state index >= 15 is 0 Å². The number of carboxylic acid groups (broad SMARTS) is 1. The fourth-order valence-corrected chi connectivity index (χ4v) is 3.21. The van der Waals surface area contributed by atoms with Crippen LogP contribution in [0.3, 0.4) is 0 Å². The highest BCUT2D eigenvalue weighted by atomic mass is 16.6. The van der Waals surface area contributed by atoms with Crippen molar-refractivity contribution in [3.8, 4) is 11.5 Å². The number of carbonyl (C=O) groups is 1. The summed E-state index contributed by atoms with van der Waals surface area (Å²) in [4.78, 5) is 14.9. The summed E-state index contributed by atoms with van der Waals surface area (Å²) in [6.45, 7) is 1.52. The maximum atomic E-state index is 11.7. The van der Waals surface area contributed by atoms with Crippen LogP contribution in [0.15, 0.2) is 48.7 Å². The molecular formula is C20H20N2O4. The van der Waals surface area contributed by atoms with Crippen LogP contribution in [-0.2, 0) is 17.8 Å². The molecule has 26 heavy (non-hydrogen) atoms. The first-order chi connectivity index (χ1) is 12.7. The van der Waals surface area contributed by atoms with E-state index in [9.17, 15) is 9.90 Å². The van der Waals surface area contributed by atoms with Crippen molar-refractivity contribution in [1.29, 1.82) is 0 Å². The first-order valence-electron chi connectivity index (χ1n) is 8.60. The molecule has 6 heteroatoms. The summed E-state index contributed by atoms with van der Waals surface area (Å²) in [6.07, 6.45) is 2.29. The largest absolute Gasteiger partial charge is 0.486 e. The Hall–Kier alpha value is -2.99. The molecule has 3 aromatic rings. The molecule has 0 bridgehead atoms. The zero-order valence-corrected chi connectivity index (χ0v) is 14.2. The lowest BCUT2D eigenvalue weighted by Gasteiger charge is -2.19. The highest BCUT2D eigenvalue weighted by Crippen LogP contribution is 2.30. The molecule has 0 fully saturated rings. The summed E-state index contributed by atoms with van der Waals surface area (Å²) in [5.74, 6) is 0.570. The van der Waals surface area contributed by atoms with Gasteiger partial charge >= 0.3 is 5.97 Å². The number of aromatic nitrogens is 1. The second-order valence-electron chi connectivity index (χ2n) is 6.31. The fraction of sp³-hybridized carbons (Fsp3) is 0.250. The van der Waals surface area contributed by atoms with Crippen LogP contribution in [0.4, 0.5) is 0 Å². The quantitative estimate of drug-likeness (QED) is 0.635. The van der Waals surface area contributed by atoms with Gasteiger partial charge in [0.05, 0.1) is 0 Å². The zero-order chi connectivity index (χ0) is 17.9. The second kappa shape index (κ2) is 7.09. The van der Waals surface area contributed by atoms with Crippen LogP contribution in [-0.4, -0.2) is 35.3 Å². The van der Waals surface area contributed by atoms with E-state index in [1.54, 1.807) is 0 Å². The van der Waals surface area contributed by atoms with Crippen molar-refractivity contribution in [2.24, 2.45) is 0 Å². The van der Waals surface area contributed by atoms with Gasteiger partial charge in [0.2, 0.25) is 0 Å². The third-order valence-electron chi connectivity index (χ3n) is 4.56. The molecule has 1 atom stereocenters. The minimum Gasteiger partial charge on any atom is -0.486 e. The number of hydrogen-bond acceptors (Lipinski definition) is 4. The first-order valence-corrected chi connectivity index (χ1v) is 8.60. The lowest BCUT2D eigenvalue weighted by molar-refractivity contribution is -0.139. The molecule has 4 rings (SSSR count). The second-order valence-corrected chi connectivity index (χ2v) is 6.31. The number of ether oxygens (including phenoxy) is 2. The average Bonchev–Trinajstić information content (AvgIpc) is 3.07. The van der Waals surface area contributed by atoms with Gasteiger partial charge in [-0.25, -0.2) is 0 Å². The minimum atomic E-state index is -0.868. The highest BCUT2D eigenvalue weighted by molar-refractivity contribution is 5.84. The smallest absolute Gasteiger partial charge is 0.321 e. The molecule has 0 amide bonds. The number of carboxylic acids is 1. The summed E-state index contributed by atoms with van der Waals surface area (Å²) in [7, 11) is 0. The number of benzene rings is 2. The number of rotatable bonds is 6. The van der Waals surface area contributed by atoms with Gasteiger partial charge < -0.3 is 24.9 Å². The van der Waals surface area contributed by atoms with Crippen molar-refractivity contribution < 1.29 is 19.4 Å². The highest BCUT2D eigenvalue weighted by Gasteiger charge is 2.20. The number of aromatic amines is 1. The molecule has 3 N–H and O–H groups in total. The Bertz CT molecular complexity index is 934. The van der Waals surface area contributed by atoms with Crippen molar-refractivity contribution in [3.63, 3.8) is 0 Å². The van der Waals surface area contributed by atoms with E-state index in [0.29, 0.717) is 31.9 Å². The molecule has 1 unspecified atom stereocenters. The van der Waals surface area contributed by atoms with E-state index in [1.807, 2.05) is 48.7 Å². The predicted molar refractivity (Wildman–Crippen MR) is 97.7 cm³/mol. The maximum absolute atomic E-state index is 11.7. The number of fused-ring (bicyclic) bond motifs is 2. The van der Waals surface area contributed by atoms with Crippen molar-refractivity contribution in [1.82, 2.24) is 10.3 Å².